The summed E-state index contributed by atoms with van der Waals surface area (Å²) in [5, 5.41) is 0. The summed E-state index contributed by atoms with van der Waals surface area (Å²) >= 11 is 0. The minimum Gasteiger partial charge on any atom is -0.435 e. The van der Waals surface area contributed by atoms with Crippen LogP contribution in [0, 0.1) is 0 Å². The van der Waals surface area contributed by atoms with Crippen LogP contribution < -0.4 is 0 Å². The Balaban J connectivity index is 1.67. The fraction of sp³-hybridized carbons (Fsp3) is 0.636. The molecule has 2 aliphatic heterocycles. The third-order valence-electron chi connectivity index (χ3n) is 2.46. The lowest BCUT2D eigenvalue weighted by Crippen LogP contribution is -2.33. The molecule has 0 bridgehead atoms. The largest absolute Gasteiger partial charge is 0.435 e. The van der Waals surface area contributed by atoms with Crippen molar-refractivity contribution in [1.82, 2.24) is 0 Å². The molecule has 0 aromatic carbocycles. The summed E-state index contributed by atoms with van der Waals surface area (Å²) in [5.41, 5.74) is 0.0600. The molecular weight excluding hydrogens is 228 g/mol. The average molecular weight is 242 g/mol. The van der Waals surface area contributed by atoms with E-state index >= 15 is 0 Å². The molecule has 94 valence electrons. The molecule has 0 amide bonds. The second-order valence-corrected chi connectivity index (χ2v) is 3.85. The van der Waals surface area contributed by atoms with Gasteiger partial charge in [0.15, 0.2) is 0 Å². The zero-order valence-corrected chi connectivity index (χ0v) is 9.35. The molecule has 0 N–H and O–H groups in total. The quantitative estimate of drug-likeness (QED) is 0.516. The lowest BCUT2D eigenvalue weighted by atomic mass is 10.2. The minimum atomic E-state index is -0.624. The van der Waals surface area contributed by atoms with Gasteiger partial charge in [0.25, 0.3) is 0 Å². The van der Waals surface area contributed by atoms with E-state index in [1.807, 2.05) is 0 Å². The molecule has 0 spiro atoms. The molecule has 2 aliphatic rings. The van der Waals surface area contributed by atoms with E-state index in [1.165, 1.54) is 0 Å². The lowest BCUT2D eigenvalue weighted by molar-refractivity contribution is -0.218. The highest BCUT2D eigenvalue weighted by atomic mass is 16.7. The SMILES string of the molecule is C=C(CC(=O)OC1CCO1)C(=O)OC1CCO1. The van der Waals surface area contributed by atoms with E-state index in [9.17, 15) is 9.59 Å². The average Bonchev–Trinajstić information content (AvgIpc) is 2.17. The Bertz CT molecular complexity index is 329. The van der Waals surface area contributed by atoms with Crippen molar-refractivity contribution in [3.05, 3.63) is 12.2 Å². The summed E-state index contributed by atoms with van der Waals surface area (Å²) in [6.07, 6.45) is 0.218. The topological polar surface area (TPSA) is 71.1 Å². The third-order valence-corrected chi connectivity index (χ3v) is 2.46. The molecule has 2 atom stereocenters. The van der Waals surface area contributed by atoms with E-state index in [0.29, 0.717) is 26.1 Å². The van der Waals surface area contributed by atoms with Gasteiger partial charge >= 0.3 is 11.9 Å². The van der Waals surface area contributed by atoms with Crippen molar-refractivity contribution in [3.8, 4) is 0 Å². The van der Waals surface area contributed by atoms with Gasteiger partial charge in [0.2, 0.25) is 12.6 Å². The minimum absolute atomic E-state index is 0.0600. The smallest absolute Gasteiger partial charge is 0.336 e. The molecule has 2 saturated heterocycles. The number of hydrogen-bond acceptors (Lipinski definition) is 6. The molecular formula is C11H14O6. The van der Waals surface area contributed by atoms with E-state index in [2.05, 4.69) is 6.58 Å². The zero-order chi connectivity index (χ0) is 12.3. The van der Waals surface area contributed by atoms with Crippen LogP contribution in [-0.4, -0.2) is 37.7 Å². The Morgan fingerprint density at radius 3 is 2.12 bits per heavy atom. The molecule has 2 rings (SSSR count). The van der Waals surface area contributed by atoms with Crippen LogP contribution in [0.15, 0.2) is 12.2 Å². The number of carbonyl (C=O) groups is 2. The lowest BCUT2D eigenvalue weighted by Gasteiger charge is -2.27. The summed E-state index contributed by atoms with van der Waals surface area (Å²) in [4.78, 5) is 22.7. The van der Waals surface area contributed by atoms with Gasteiger partial charge in [-0.05, 0) is 0 Å². The Morgan fingerprint density at radius 2 is 1.65 bits per heavy atom. The summed E-state index contributed by atoms with van der Waals surface area (Å²) in [6.45, 7) is 4.67. The van der Waals surface area contributed by atoms with Gasteiger partial charge in [-0.15, -0.1) is 0 Å². The summed E-state index contributed by atoms with van der Waals surface area (Å²) < 4.78 is 19.6. The van der Waals surface area contributed by atoms with E-state index in [1.54, 1.807) is 0 Å². The van der Waals surface area contributed by atoms with Crippen LogP contribution >= 0.6 is 0 Å². The van der Waals surface area contributed by atoms with E-state index in [4.69, 9.17) is 18.9 Å². The predicted molar refractivity (Wildman–Crippen MR) is 54.7 cm³/mol. The highest BCUT2D eigenvalue weighted by Crippen LogP contribution is 2.17. The Kier molecular flexibility index (Phi) is 3.75. The fourth-order valence-corrected chi connectivity index (χ4v) is 1.25. The van der Waals surface area contributed by atoms with Gasteiger partial charge in [0, 0.05) is 18.4 Å². The number of esters is 2. The molecule has 0 aromatic heterocycles. The number of ether oxygens (including phenoxy) is 4. The highest BCUT2D eigenvalue weighted by Gasteiger charge is 2.26. The van der Waals surface area contributed by atoms with Crippen LogP contribution in [0.5, 0.6) is 0 Å². The monoisotopic (exact) mass is 242 g/mol. The summed E-state index contributed by atoms with van der Waals surface area (Å²) in [6, 6.07) is 0. The second-order valence-electron chi connectivity index (χ2n) is 3.85. The molecule has 0 saturated carbocycles. The predicted octanol–water partition coefficient (Wildman–Crippen LogP) is 0.512. The molecule has 6 nitrogen and oxygen atoms in total. The fourth-order valence-electron chi connectivity index (χ4n) is 1.25. The van der Waals surface area contributed by atoms with Crippen LogP contribution in [0.2, 0.25) is 0 Å². The van der Waals surface area contributed by atoms with Gasteiger partial charge in [-0.25, -0.2) is 4.79 Å². The molecule has 0 radical (unpaired) electrons. The molecule has 0 aliphatic carbocycles. The van der Waals surface area contributed by atoms with Crippen LogP contribution in [0.1, 0.15) is 19.3 Å². The molecule has 2 unspecified atom stereocenters. The van der Waals surface area contributed by atoms with Crippen LogP contribution in [0.3, 0.4) is 0 Å². The van der Waals surface area contributed by atoms with Crippen molar-refractivity contribution in [2.24, 2.45) is 0 Å². The molecule has 17 heavy (non-hydrogen) atoms. The van der Waals surface area contributed by atoms with Gasteiger partial charge in [0.05, 0.1) is 19.6 Å². The Labute approximate surface area is 98.5 Å². The molecule has 2 fully saturated rings. The van der Waals surface area contributed by atoms with Gasteiger partial charge in [0.1, 0.15) is 0 Å². The van der Waals surface area contributed by atoms with Crippen molar-refractivity contribution in [2.45, 2.75) is 31.8 Å². The van der Waals surface area contributed by atoms with E-state index in [0.717, 1.165) is 0 Å². The zero-order valence-electron chi connectivity index (χ0n) is 9.35. The second kappa shape index (κ2) is 5.29. The van der Waals surface area contributed by atoms with Crippen LogP contribution in [0.4, 0.5) is 0 Å². The highest BCUT2D eigenvalue weighted by molar-refractivity contribution is 5.93. The maximum Gasteiger partial charge on any atom is 0.336 e. The normalized spacial score (nSPS) is 26.4. The van der Waals surface area contributed by atoms with Gasteiger partial charge in [-0.3, -0.25) is 4.79 Å². The van der Waals surface area contributed by atoms with Crippen LogP contribution in [0.25, 0.3) is 0 Å². The van der Waals surface area contributed by atoms with Crippen LogP contribution in [-0.2, 0) is 28.5 Å². The standard InChI is InChI=1S/C11H14O6/c1-7(11(13)17-10-3-5-15-10)6-8(12)16-9-2-4-14-9/h9-10H,1-6H2. The molecule has 2 heterocycles. The van der Waals surface area contributed by atoms with Crippen molar-refractivity contribution < 1.29 is 28.5 Å². The maximum absolute atomic E-state index is 11.4. The van der Waals surface area contributed by atoms with Crippen molar-refractivity contribution in [1.29, 1.82) is 0 Å². The first kappa shape index (κ1) is 12.1. The van der Waals surface area contributed by atoms with Gasteiger partial charge in [-0.2, -0.15) is 0 Å². The van der Waals surface area contributed by atoms with Crippen molar-refractivity contribution in [2.75, 3.05) is 13.2 Å². The van der Waals surface area contributed by atoms with E-state index < -0.39 is 24.5 Å². The first-order valence-electron chi connectivity index (χ1n) is 5.46. The van der Waals surface area contributed by atoms with Crippen molar-refractivity contribution in [3.63, 3.8) is 0 Å². The summed E-state index contributed by atoms with van der Waals surface area (Å²) in [5.74, 6) is -1.16. The maximum atomic E-state index is 11.4. The van der Waals surface area contributed by atoms with Gasteiger partial charge in [-0.1, -0.05) is 6.58 Å². The van der Waals surface area contributed by atoms with Gasteiger partial charge < -0.3 is 18.9 Å². The number of hydrogen-bond donors (Lipinski definition) is 0. The number of carbonyl (C=O) groups excluding carboxylic acids is 2. The molecule has 6 heteroatoms. The Morgan fingerprint density at radius 1 is 1.12 bits per heavy atom. The first-order chi connectivity index (χ1) is 8.15. The van der Waals surface area contributed by atoms with Crippen molar-refractivity contribution >= 4 is 11.9 Å². The van der Waals surface area contributed by atoms with E-state index in [-0.39, 0.29) is 12.0 Å². The Hall–Kier alpha value is -1.40. The summed E-state index contributed by atoms with van der Waals surface area (Å²) in [7, 11) is 0. The third kappa shape index (κ3) is 3.28. The first-order valence-corrected chi connectivity index (χ1v) is 5.46. The number of rotatable bonds is 5. The molecule has 0 aromatic rings.